The van der Waals surface area contributed by atoms with Crippen molar-refractivity contribution >= 4 is 29.0 Å². The van der Waals surface area contributed by atoms with Crippen molar-refractivity contribution in [3.8, 4) is 11.6 Å². The molecule has 0 bridgehead atoms. The van der Waals surface area contributed by atoms with Crippen LogP contribution < -0.4 is 20.3 Å². The van der Waals surface area contributed by atoms with Gasteiger partial charge in [0, 0.05) is 35.9 Å². The van der Waals surface area contributed by atoms with Crippen LogP contribution in [0.5, 0.6) is 11.6 Å². The SMILES string of the molecule is Cc1nc2c([nH]1)CN(c1nccnc1Oc1ccc(N3c4ccccc4SC3N)cc1)CC2. The predicted molar refractivity (Wildman–Crippen MR) is 129 cm³/mol. The van der Waals surface area contributed by atoms with Gasteiger partial charge < -0.3 is 25.3 Å². The second kappa shape index (κ2) is 8.09. The van der Waals surface area contributed by atoms with Crippen molar-refractivity contribution in [2.24, 2.45) is 5.73 Å². The Kier molecular flexibility index (Phi) is 4.92. The predicted octanol–water partition coefficient (Wildman–Crippen LogP) is 4.35. The van der Waals surface area contributed by atoms with Gasteiger partial charge in [0.15, 0.2) is 5.82 Å². The van der Waals surface area contributed by atoms with E-state index in [-0.39, 0.29) is 5.50 Å². The van der Waals surface area contributed by atoms with Gasteiger partial charge in [0.1, 0.15) is 17.1 Å². The molecule has 2 aliphatic rings. The molecule has 1 unspecified atom stereocenters. The second-order valence-electron chi connectivity index (χ2n) is 8.05. The number of nitrogens with zero attached hydrogens (tertiary/aromatic N) is 5. The fraction of sp³-hybridized carbons (Fsp3) is 0.208. The number of aromatic nitrogens is 4. The fourth-order valence-corrected chi connectivity index (χ4v) is 5.42. The highest BCUT2D eigenvalue weighted by atomic mass is 32.2. The molecule has 0 saturated heterocycles. The van der Waals surface area contributed by atoms with Gasteiger partial charge in [-0.25, -0.2) is 15.0 Å². The van der Waals surface area contributed by atoms with E-state index in [2.05, 4.69) is 41.9 Å². The molecule has 6 rings (SSSR count). The molecule has 1 atom stereocenters. The van der Waals surface area contributed by atoms with Crippen LogP contribution in [0.1, 0.15) is 17.2 Å². The van der Waals surface area contributed by atoms with Crippen LogP contribution in [0.15, 0.2) is 65.8 Å². The number of anilines is 3. The van der Waals surface area contributed by atoms with Crippen LogP contribution in [0, 0.1) is 6.92 Å². The van der Waals surface area contributed by atoms with E-state index < -0.39 is 0 Å². The van der Waals surface area contributed by atoms with Gasteiger partial charge >= 0.3 is 0 Å². The number of rotatable bonds is 4. The average Bonchev–Trinajstić information content (AvgIpc) is 3.37. The molecular formula is C24H23N7OS. The summed E-state index contributed by atoms with van der Waals surface area (Å²) in [7, 11) is 0. The van der Waals surface area contributed by atoms with Gasteiger partial charge in [-0.3, -0.25) is 0 Å². The minimum absolute atomic E-state index is 0.157. The minimum atomic E-state index is -0.157. The molecule has 2 aliphatic heterocycles. The largest absolute Gasteiger partial charge is 0.436 e. The number of nitrogens with two attached hydrogens (primary N) is 1. The van der Waals surface area contributed by atoms with E-state index in [0.29, 0.717) is 18.2 Å². The summed E-state index contributed by atoms with van der Waals surface area (Å²) in [5.41, 5.74) is 10.6. The molecule has 166 valence electrons. The van der Waals surface area contributed by atoms with Crippen LogP contribution in [0.2, 0.25) is 0 Å². The summed E-state index contributed by atoms with van der Waals surface area (Å²) in [5.74, 6) is 2.86. The number of imidazole rings is 1. The number of ether oxygens (including phenoxy) is 1. The summed E-state index contributed by atoms with van der Waals surface area (Å²) in [6.45, 7) is 3.50. The van der Waals surface area contributed by atoms with Crippen molar-refractivity contribution in [2.75, 3.05) is 16.3 Å². The van der Waals surface area contributed by atoms with Crippen LogP contribution >= 0.6 is 11.8 Å². The summed E-state index contributed by atoms with van der Waals surface area (Å²) in [4.78, 5) is 22.4. The molecule has 0 radical (unpaired) electrons. The Morgan fingerprint density at radius 3 is 2.79 bits per heavy atom. The van der Waals surface area contributed by atoms with Crippen LogP contribution in [-0.2, 0) is 13.0 Å². The molecule has 4 aromatic rings. The minimum Gasteiger partial charge on any atom is -0.436 e. The van der Waals surface area contributed by atoms with Gasteiger partial charge in [-0.1, -0.05) is 23.9 Å². The van der Waals surface area contributed by atoms with Gasteiger partial charge in [-0.05, 0) is 43.3 Å². The van der Waals surface area contributed by atoms with Gasteiger partial charge in [0.05, 0.1) is 23.6 Å². The first-order valence-corrected chi connectivity index (χ1v) is 11.7. The summed E-state index contributed by atoms with van der Waals surface area (Å²) >= 11 is 1.66. The maximum atomic E-state index is 6.39. The number of aryl methyl sites for hydroxylation is 1. The van der Waals surface area contributed by atoms with Gasteiger partial charge in [0.2, 0.25) is 0 Å². The molecule has 33 heavy (non-hydrogen) atoms. The third-order valence-electron chi connectivity index (χ3n) is 5.85. The van der Waals surface area contributed by atoms with Crippen molar-refractivity contribution in [1.29, 1.82) is 0 Å². The number of hydrogen-bond acceptors (Lipinski definition) is 8. The number of hydrogen-bond donors (Lipinski definition) is 2. The summed E-state index contributed by atoms with van der Waals surface area (Å²) in [6.07, 6.45) is 4.21. The van der Waals surface area contributed by atoms with E-state index in [1.54, 1.807) is 24.2 Å². The molecule has 0 spiro atoms. The number of benzene rings is 2. The van der Waals surface area contributed by atoms with E-state index >= 15 is 0 Å². The maximum absolute atomic E-state index is 6.39. The molecular weight excluding hydrogens is 434 g/mol. The van der Waals surface area contributed by atoms with Crippen molar-refractivity contribution < 1.29 is 4.74 Å². The smallest absolute Gasteiger partial charge is 0.263 e. The van der Waals surface area contributed by atoms with E-state index in [1.807, 2.05) is 43.3 Å². The van der Waals surface area contributed by atoms with Crippen molar-refractivity contribution in [3.63, 3.8) is 0 Å². The number of H-pyrrole nitrogens is 1. The Morgan fingerprint density at radius 2 is 1.91 bits per heavy atom. The molecule has 0 aliphatic carbocycles. The number of para-hydroxylation sites is 1. The molecule has 0 amide bonds. The van der Waals surface area contributed by atoms with E-state index in [0.717, 1.165) is 47.4 Å². The van der Waals surface area contributed by atoms with E-state index in [4.69, 9.17) is 10.5 Å². The molecule has 4 heterocycles. The van der Waals surface area contributed by atoms with Gasteiger partial charge in [0.25, 0.3) is 5.88 Å². The topological polar surface area (TPSA) is 96.2 Å². The molecule has 3 N–H and O–H groups in total. The first-order chi connectivity index (χ1) is 16.2. The number of nitrogens with one attached hydrogen (secondary N) is 1. The average molecular weight is 458 g/mol. The van der Waals surface area contributed by atoms with Crippen LogP contribution in [-0.4, -0.2) is 32.0 Å². The lowest BCUT2D eigenvalue weighted by Gasteiger charge is -2.28. The first-order valence-electron chi connectivity index (χ1n) is 10.8. The second-order valence-corrected chi connectivity index (χ2v) is 9.20. The maximum Gasteiger partial charge on any atom is 0.263 e. The van der Waals surface area contributed by atoms with Crippen LogP contribution in [0.25, 0.3) is 0 Å². The molecule has 9 heteroatoms. The third-order valence-corrected chi connectivity index (χ3v) is 6.90. The standard InChI is InChI=1S/C24H23N7OS/c1-15-28-18-10-13-30(14-19(18)29-15)22-23(27-12-11-26-22)32-17-8-6-16(7-9-17)31-20-4-2-3-5-21(20)33-24(31)25/h2-9,11-12,24H,10,13-14,25H2,1H3,(H,28,29). The fourth-order valence-electron chi connectivity index (χ4n) is 4.37. The highest BCUT2D eigenvalue weighted by Gasteiger charge is 2.28. The molecule has 8 nitrogen and oxygen atoms in total. The zero-order valence-corrected chi connectivity index (χ0v) is 18.9. The Bertz CT molecular complexity index is 1310. The zero-order valence-electron chi connectivity index (χ0n) is 18.1. The Hall–Kier alpha value is -3.56. The third kappa shape index (κ3) is 3.69. The highest BCUT2D eigenvalue weighted by molar-refractivity contribution is 8.00. The van der Waals surface area contributed by atoms with Crippen molar-refractivity contribution in [3.05, 3.63) is 78.1 Å². The monoisotopic (exact) mass is 457 g/mol. The molecule has 0 fully saturated rings. The van der Waals surface area contributed by atoms with E-state index in [1.165, 1.54) is 4.90 Å². The van der Waals surface area contributed by atoms with E-state index in [9.17, 15) is 0 Å². The lowest BCUT2D eigenvalue weighted by molar-refractivity contribution is 0.457. The summed E-state index contributed by atoms with van der Waals surface area (Å²) in [5, 5.41) is 0. The highest BCUT2D eigenvalue weighted by Crippen LogP contribution is 2.45. The lowest BCUT2D eigenvalue weighted by Crippen LogP contribution is -2.32. The van der Waals surface area contributed by atoms with Gasteiger partial charge in [-0.2, -0.15) is 0 Å². The van der Waals surface area contributed by atoms with Crippen LogP contribution in [0.4, 0.5) is 17.2 Å². The first kappa shape index (κ1) is 20.1. The number of thioether (sulfide) groups is 1. The molecule has 2 aromatic carbocycles. The molecule has 0 saturated carbocycles. The zero-order chi connectivity index (χ0) is 22.4. The Labute approximate surface area is 195 Å². The molecule has 2 aromatic heterocycles. The van der Waals surface area contributed by atoms with Gasteiger partial charge in [-0.15, -0.1) is 0 Å². The Balaban J connectivity index is 1.23. The van der Waals surface area contributed by atoms with Crippen molar-refractivity contribution in [2.45, 2.75) is 30.3 Å². The Morgan fingerprint density at radius 1 is 1.09 bits per heavy atom. The van der Waals surface area contributed by atoms with Crippen LogP contribution in [0.3, 0.4) is 0 Å². The quantitative estimate of drug-likeness (QED) is 0.467. The normalized spacial score (nSPS) is 17.1. The summed E-state index contributed by atoms with van der Waals surface area (Å²) in [6, 6.07) is 16.2. The lowest BCUT2D eigenvalue weighted by atomic mass is 10.1. The number of aromatic amines is 1. The summed E-state index contributed by atoms with van der Waals surface area (Å²) < 4.78 is 6.17. The number of fused-ring (bicyclic) bond motifs is 2. The van der Waals surface area contributed by atoms with Crippen molar-refractivity contribution in [1.82, 2.24) is 19.9 Å².